The lowest BCUT2D eigenvalue weighted by molar-refractivity contribution is -0.143. The van der Waals surface area contributed by atoms with Gasteiger partial charge in [-0.25, -0.2) is 0 Å². The van der Waals surface area contributed by atoms with Crippen molar-refractivity contribution < 1.29 is 9.53 Å². The molecule has 4 nitrogen and oxygen atoms in total. The number of carbonyl (C=O) groups excluding carboxylic acids is 1. The zero-order valence-corrected chi connectivity index (χ0v) is 12.2. The van der Waals surface area contributed by atoms with Crippen LogP contribution in [0.15, 0.2) is 0 Å². The third-order valence-electron chi connectivity index (χ3n) is 4.31. The highest BCUT2D eigenvalue weighted by atomic mass is 16.5. The monoisotopic (exact) mass is 268 g/mol. The average Bonchev–Trinajstić information content (AvgIpc) is 2.48. The Kier molecular flexibility index (Phi) is 6.11. The second kappa shape index (κ2) is 7.85. The highest BCUT2D eigenvalue weighted by molar-refractivity contribution is 5.80. The molecule has 0 aromatic heterocycles. The van der Waals surface area contributed by atoms with Gasteiger partial charge in [-0.3, -0.25) is 4.79 Å². The van der Waals surface area contributed by atoms with Crippen molar-refractivity contribution in [3.63, 3.8) is 0 Å². The van der Waals surface area contributed by atoms with Gasteiger partial charge in [0.25, 0.3) is 5.91 Å². The predicted octanol–water partition coefficient (Wildman–Crippen LogP) is 1.79. The normalized spacial score (nSPS) is 26.2. The first-order chi connectivity index (χ1) is 9.27. The Morgan fingerprint density at radius 2 is 2.11 bits per heavy atom. The second-order valence-corrected chi connectivity index (χ2v) is 5.90. The van der Waals surface area contributed by atoms with Gasteiger partial charge in [-0.15, -0.1) is 0 Å². The molecule has 0 saturated carbocycles. The van der Waals surface area contributed by atoms with Crippen molar-refractivity contribution in [3.8, 4) is 0 Å². The summed E-state index contributed by atoms with van der Waals surface area (Å²) in [5.41, 5.74) is 0. The van der Waals surface area contributed by atoms with E-state index in [-0.39, 0.29) is 12.0 Å². The molecular weight excluding hydrogens is 240 g/mol. The molecule has 0 aliphatic carbocycles. The molecule has 2 aliphatic rings. The fourth-order valence-corrected chi connectivity index (χ4v) is 3.02. The number of hydrogen-bond acceptors (Lipinski definition) is 3. The Bertz CT molecular complexity index is 271. The van der Waals surface area contributed by atoms with Gasteiger partial charge >= 0.3 is 0 Å². The summed E-state index contributed by atoms with van der Waals surface area (Å²) in [7, 11) is 0. The smallest absolute Gasteiger partial charge is 0.251 e. The summed E-state index contributed by atoms with van der Waals surface area (Å²) in [6.45, 7) is 6.71. The highest BCUT2D eigenvalue weighted by Gasteiger charge is 2.23. The molecule has 2 aliphatic heterocycles. The Balaban J connectivity index is 1.62. The molecule has 2 saturated heterocycles. The van der Waals surface area contributed by atoms with Gasteiger partial charge in [-0.1, -0.05) is 0 Å². The van der Waals surface area contributed by atoms with Gasteiger partial charge in [0.15, 0.2) is 0 Å². The van der Waals surface area contributed by atoms with Crippen molar-refractivity contribution in [2.75, 3.05) is 32.8 Å². The van der Waals surface area contributed by atoms with Crippen LogP contribution in [-0.4, -0.2) is 49.7 Å². The minimum Gasteiger partial charge on any atom is -0.369 e. The van der Waals surface area contributed by atoms with Crippen LogP contribution in [0.5, 0.6) is 0 Å². The predicted molar refractivity (Wildman–Crippen MR) is 76.1 cm³/mol. The van der Waals surface area contributed by atoms with E-state index in [0.717, 1.165) is 51.4 Å². The molecule has 2 fully saturated rings. The van der Waals surface area contributed by atoms with Crippen LogP contribution >= 0.6 is 0 Å². The molecule has 1 amide bonds. The molecular formula is C15H28N2O2. The molecule has 1 N–H and O–H groups in total. The molecule has 110 valence electrons. The van der Waals surface area contributed by atoms with E-state index in [9.17, 15) is 4.79 Å². The number of ether oxygens (including phenoxy) is 1. The highest BCUT2D eigenvalue weighted by Crippen LogP contribution is 2.15. The van der Waals surface area contributed by atoms with Crippen LogP contribution in [0, 0.1) is 5.92 Å². The van der Waals surface area contributed by atoms with Gasteiger partial charge in [0, 0.05) is 19.7 Å². The van der Waals surface area contributed by atoms with Gasteiger partial charge in [0.05, 0.1) is 0 Å². The van der Waals surface area contributed by atoms with Gasteiger partial charge in [0.2, 0.25) is 0 Å². The number of piperidine rings is 2. The number of nitrogens with one attached hydrogen (secondary N) is 1. The third-order valence-corrected chi connectivity index (χ3v) is 4.31. The number of amides is 1. The van der Waals surface area contributed by atoms with Gasteiger partial charge in [0.1, 0.15) is 6.10 Å². The molecule has 0 bridgehead atoms. The Morgan fingerprint density at radius 1 is 1.32 bits per heavy atom. The van der Waals surface area contributed by atoms with Crippen molar-refractivity contribution in [1.82, 2.24) is 10.2 Å². The first-order valence-electron chi connectivity index (χ1n) is 7.88. The molecule has 2 rings (SSSR count). The van der Waals surface area contributed by atoms with Crippen LogP contribution in [0.2, 0.25) is 0 Å². The van der Waals surface area contributed by atoms with Crippen LogP contribution in [-0.2, 0) is 9.53 Å². The second-order valence-electron chi connectivity index (χ2n) is 5.90. The molecule has 0 aromatic carbocycles. The van der Waals surface area contributed by atoms with Crippen LogP contribution in [0.4, 0.5) is 0 Å². The van der Waals surface area contributed by atoms with Crippen LogP contribution in [0.25, 0.3) is 0 Å². The number of hydrogen-bond donors (Lipinski definition) is 1. The van der Waals surface area contributed by atoms with E-state index in [2.05, 4.69) is 5.32 Å². The van der Waals surface area contributed by atoms with E-state index in [0.29, 0.717) is 6.61 Å². The standard InChI is InChI=1S/C15H28N2O2/c1-13(15(18)17-9-3-2-4-10-17)19-11-7-14-6-5-8-16-12-14/h13-14,16H,2-12H2,1H3. The molecule has 0 radical (unpaired) electrons. The molecule has 0 spiro atoms. The van der Waals surface area contributed by atoms with Crippen LogP contribution < -0.4 is 5.32 Å². The summed E-state index contributed by atoms with van der Waals surface area (Å²) in [6, 6.07) is 0. The third kappa shape index (κ3) is 4.77. The SMILES string of the molecule is CC(OCCC1CCCNC1)C(=O)N1CCCCC1. The molecule has 19 heavy (non-hydrogen) atoms. The summed E-state index contributed by atoms with van der Waals surface area (Å²) in [4.78, 5) is 14.1. The molecule has 2 atom stereocenters. The first-order valence-corrected chi connectivity index (χ1v) is 7.88. The van der Waals surface area contributed by atoms with E-state index in [1.807, 2.05) is 11.8 Å². The number of rotatable bonds is 5. The topological polar surface area (TPSA) is 41.6 Å². The Labute approximate surface area is 116 Å². The van der Waals surface area contributed by atoms with E-state index in [4.69, 9.17) is 4.74 Å². The minimum absolute atomic E-state index is 0.182. The zero-order chi connectivity index (χ0) is 13.5. The molecule has 2 unspecified atom stereocenters. The average molecular weight is 268 g/mol. The van der Waals surface area contributed by atoms with Crippen molar-refractivity contribution in [2.24, 2.45) is 5.92 Å². The lowest BCUT2D eigenvalue weighted by atomic mass is 9.97. The van der Waals surface area contributed by atoms with Gasteiger partial charge < -0.3 is 15.0 Å². The van der Waals surface area contributed by atoms with Crippen LogP contribution in [0.1, 0.15) is 45.4 Å². The Morgan fingerprint density at radius 3 is 2.79 bits per heavy atom. The summed E-state index contributed by atoms with van der Waals surface area (Å²) in [5, 5.41) is 3.42. The zero-order valence-electron chi connectivity index (χ0n) is 12.2. The first kappa shape index (κ1) is 14.8. The molecule has 4 heteroatoms. The van der Waals surface area contributed by atoms with E-state index in [1.54, 1.807) is 0 Å². The quantitative estimate of drug-likeness (QED) is 0.826. The van der Waals surface area contributed by atoms with Gasteiger partial charge in [-0.05, 0) is 64.5 Å². The van der Waals surface area contributed by atoms with E-state index >= 15 is 0 Å². The number of carbonyl (C=O) groups is 1. The maximum atomic E-state index is 12.2. The number of likely N-dealkylation sites (tertiary alicyclic amines) is 1. The lowest BCUT2D eigenvalue weighted by Gasteiger charge is -2.29. The number of nitrogens with zero attached hydrogens (tertiary/aromatic N) is 1. The maximum absolute atomic E-state index is 12.2. The van der Waals surface area contributed by atoms with Crippen LogP contribution in [0.3, 0.4) is 0 Å². The largest absolute Gasteiger partial charge is 0.369 e. The fourth-order valence-electron chi connectivity index (χ4n) is 3.02. The Hall–Kier alpha value is -0.610. The van der Waals surface area contributed by atoms with Crippen molar-refractivity contribution in [3.05, 3.63) is 0 Å². The molecule has 2 heterocycles. The summed E-state index contributed by atoms with van der Waals surface area (Å²) >= 11 is 0. The maximum Gasteiger partial charge on any atom is 0.251 e. The van der Waals surface area contributed by atoms with Crippen molar-refractivity contribution in [2.45, 2.75) is 51.6 Å². The summed E-state index contributed by atoms with van der Waals surface area (Å²) < 4.78 is 5.74. The minimum atomic E-state index is -0.269. The van der Waals surface area contributed by atoms with E-state index < -0.39 is 0 Å². The molecule has 0 aromatic rings. The van der Waals surface area contributed by atoms with Gasteiger partial charge in [-0.2, -0.15) is 0 Å². The van der Waals surface area contributed by atoms with E-state index in [1.165, 1.54) is 19.3 Å². The fraction of sp³-hybridized carbons (Fsp3) is 0.933. The van der Waals surface area contributed by atoms with Crippen molar-refractivity contribution >= 4 is 5.91 Å². The summed E-state index contributed by atoms with van der Waals surface area (Å²) in [6.07, 6.45) is 6.92. The summed E-state index contributed by atoms with van der Waals surface area (Å²) in [5.74, 6) is 0.910. The van der Waals surface area contributed by atoms with Crippen molar-refractivity contribution in [1.29, 1.82) is 0 Å². The lowest BCUT2D eigenvalue weighted by Crippen LogP contribution is -2.42.